The van der Waals surface area contributed by atoms with Gasteiger partial charge in [-0.2, -0.15) is 4.31 Å². The van der Waals surface area contributed by atoms with Gasteiger partial charge in [-0.3, -0.25) is 4.79 Å². The molecule has 0 radical (unpaired) electrons. The van der Waals surface area contributed by atoms with Crippen molar-refractivity contribution in [1.29, 1.82) is 0 Å². The van der Waals surface area contributed by atoms with E-state index in [-0.39, 0.29) is 23.0 Å². The number of aromatic nitrogens is 2. The van der Waals surface area contributed by atoms with Crippen molar-refractivity contribution in [2.24, 2.45) is 13.0 Å². The van der Waals surface area contributed by atoms with Crippen molar-refractivity contribution < 1.29 is 17.9 Å². The average molecular weight is 447 g/mol. The fourth-order valence-corrected chi connectivity index (χ4v) is 5.73. The average Bonchev–Trinajstić information content (AvgIpc) is 3.38. The van der Waals surface area contributed by atoms with Crippen LogP contribution in [0.5, 0.6) is 5.75 Å². The molecule has 31 heavy (non-hydrogen) atoms. The number of sulfonamides is 1. The van der Waals surface area contributed by atoms with E-state index in [9.17, 15) is 13.2 Å². The van der Waals surface area contributed by atoms with Gasteiger partial charge in [0.15, 0.2) is 5.03 Å². The van der Waals surface area contributed by atoms with Crippen molar-refractivity contribution >= 4 is 21.6 Å². The molecule has 1 aliphatic heterocycles. The van der Waals surface area contributed by atoms with E-state index in [0.29, 0.717) is 37.4 Å². The Hall–Kier alpha value is -2.39. The number of ether oxygens (including phenoxy) is 1. The van der Waals surface area contributed by atoms with Gasteiger partial charge in [0.1, 0.15) is 11.6 Å². The van der Waals surface area contributed by atoms with Crippen LogP contribution in [-0.4, -0.2) is 47.4 Å². The molecule has 9 heteroatoms. The number of carbonyl (C=O) groups is 1. The standard InChI is InChI=1S/C22H30N4O4S/c1-16-23-21(15-25(16)2)31(28,29)26-12-10-17(11-13-26)22(27)24-18-6-5-9-20(14-18)30-19-7-3-4-8-19/h5-6,9,14-15,17,19H,3-4,7-8,10-13H2,1-2H3,(H,24,27). The van der Waals surface area contributed by atoms with E-state index in [1.165, 1.54) is 23.3 Å². The summed E-state index contributed by atoms with van der Waals surface area (Å²) >= 11 is 0. The summed E-state index contributed by atoms with van der Waals surface area (Å²) < 4.78 is 34.8. The Morgan fingerprint density at radius 1 is 1.16 bits per heavy atom. The molecule has 4 rings (SSSR count). The van der Waals surface area contributed by atoms with Gasteiger partial charge in [0, 0.05) is 44.0 Å². The SMILES string of the molecule is Cc1nc(S(=O)(=O)N2CCC(C(=O)Nc3cccc(OC4CCCC4)c3)CC2)cn1C. The molecule has 2 fully saturated rings. The highest BCUT2D eigenvalue weighted by molar-refractivity contribution is 7.89. The van der Waals surface area contributed by atoms with Crippen LogP contribution in [0, 0.1) is 12.8 Å². The molecule has 1 saturated heterocycles. The first kappa shape index (κ1) is 21.8. The summed E-state index contributed by atoms with van der Waals surface area (Å²) in [5, 5.41) is 3.03. The molecular weight excluding hydrogens is 416 g/mol. The number of nitrogens with zero attached hydrogens (tertiary/aromatic N) is 3. The van der Waals surface area contributed by atoms with Gasteiger partial charge in [-0.05, 0) is 57.6 Å². The highest BCUT2D eigenvalue weighted by Gasteiger charge is 2.33. The van der Waals surface area contributed by atoms with Crippen LogP contribution in [0.25, 0.3) is 0 Å². The number of nitrogens with one attached hydrogen (secondary N) is 1. The van der Waals surface area contributed by atoms with E-state index in [0.717, 1.165) is 18.6 Å². The second-order valence-corrected chi connectivity index (χ2v) is 10.3. The third kappa shape index (κ3) is 4.93. The molecule has 0 atom stereocenters. The van der Waals surface area contributed by atoms with Crippen LogP contribution in [0.15, 0.2) is 35.5 Å². The quantitative estimate of drug-likeness (QED) is 0.736. The van der Waals surface area contributed by atoms with E-state index in [2.05, 4.69) is 10.3 Å². The van der Waals surface area contributed by atoms with Gasteiger partial charge < -0.3 is 14.6 Å². The minimum atomic E-state index is -3.64. The molecule has 0 unspecified atom stereocenters. The highest BCUT2D eigenvalue weighted by Crippen LogP contribution is 2.27. The van der Waals surface area contributed by atoms with Crippen LogP contribution < -0.4 is 10.1 Å². The Balaban J connectivity index is 1.33. The largest absolute Gasteiger partial charge is 0.490 e. The first-order valence-electron chi connectivity index (χ1n) is 10.9. The third-order valence-corrected chi connectivity index (χ3v) is 7.99. The Bertz CT molecular complexity index is 1020. The topological polar surface area (TPSA) is 93.5 Å². The first-order chi connectivity index (χ1) is 14.8. The number of rotatable bonds is 6. The van der Waals surface area contributed by atoms with E-state index in [4.69, 9.17) is 4.74 Å². The number of benzene rings is 1. The lowest BCUT2D eigenvalue weighted by molar-refractivity contribution is -0.120. The number of aryl methyl sites for hydroxylation is 2. The number of carbonyl (C=O) groups excluding carboxylic acids is 1. The summed E-state index contributed by atoms with van der Waals surface area (Å²) in [6.45, 7) is 2.38. The van der Waals surface area contributed by atoms with Crippen molar-refractivity contribution in [3.63, 3.8) is 0 Å². The maximum atomic E-state index is 12.8. The molecule has 1 aromatic carbocycles. The van der Waals surface area contributed by atoms with Crippen molar-refractivity contribution in [3.05, 3.63) is 36.3 Å². The smallest absolute Gasteiger partial charge is 0.262 e. The van der Waals surface area contributed by atoms with Gasteiger partial charge in [0.25, 0.3) is 10.0 Å². The van der Waals surface area contributed by atoms with Crippen LogP contribution in [-0.2, 0) is 21.9 Å². The molecule has 168 valence electrons. The van der Waals surface area contributed by atoms with E-state index in [1.54, 1.807) is 18.5 Å². The number of hydrogen-bond acceptors (Lipinski definition) is 5. The van der Waals surface area contributed by atoms with Crippen LogP contribution in [0.3, 0.4) is 0 Å². The third-order valence-electron chi connectivity index (χ3n) is 6.22. The lowest BCUT2D eigenvalue weighted by Gasteiger charge is -2.30. The monoisotopic (exact) mass is 446 g/mol. The lowest BCUT2D eigenvalue weighted by atomic mass is 9.97. The number of imidazole rings is 1. The van der Waals surface area contributed by atoms with Crippen LogP contribution in [0.1, 0.15) is 44.3 Å². The summed E-state index contributed by atoms with van der Waals surface area (Å²) in [5.41, 5.74) is 0.708. The van der Waals surface area contributed by atoms with Crippen molar-refractivity contribution in [1.82, 2.24) is 13.9 Å². The van der Waals surface area contributed by atoms with Crippen molar-refractivity contribution in [3.8, 4) is 5.75 Å². The summed E-state index contributed by atoms with van der Waals surface area (Å²) in [4.78, 5) is 16.9. The molecule has 0 spiro atoms. The molecule has 1 amide bonds. The molecule has 2 heterocycles. The fraction of sp³-hybridized carbons (Fsp3) is 0.545. The van der Waals surface area contributed by atoms with E-state index < -0.39 is 10.0 Å². The van der Waals surface area contributed by atoms with E-state index >= 15 is 0 Å². The normalized spacial score (nSPS) is 18.9. The highest BCUT2D eigenvalue weighted by atomic mass is 32.2. The second-order valence-electron chi connectivity index (χ2n) is 8.46. The molecule has 2 aromatic rings. The van der Waals surface area contributed by atoms with Gasteiger partial charge in [-0.1, -0.05) is 6.07 Å². The van der Waals surface area contributed by atoms with Crippen LogP contribution in [0.4, 0.5) is 5.69 Å². The predicted molar refractivity (Wildman–Crippen MR) is 117 cm³/mol. The van der Waals surface area contributed by atoms with Crippen LogP contribution >= 0.6 is 0 Å². The Morgan fingerprint density at radius 2 is 1.87 bits per heavy atom. The molecule has 1 N–H and O–H groups in total. The zero-order valence-corrected chi connectivity index (χ0v) is 18.9. The molecule has 2 aliphatic rings. The molecule has 1 aliphatic carbocycles. The number of amides is 1. The number of hydrogen-bond donors (Lipinski definition) is 1. The molecular formula is C22H30N4O4S. The van der Waals surface area contributed by atoms with E-state index in [1.807, 2.05) is 24.3 Å². The molecule has 1 saturated carbocycles. The summed E-state index contributed by atoms with van der Waals surface area (Å²) in [7, 11) is -1.87. The summed E-state index contributed by atoms with van der Waals surface area (Å²) in [5.74, 6) is 1.11. The first-order valence-corrected chi connectivity index (χ1v) is 12.3. The van der Waals surface area contributed by atoms with Gasteiger partial charge in [0.05, 0.1) is 6.10 Å². The van der Waals surface area contributed by atoms with Gasteiger partial charge >= 0.3 is 0 Å². The zero-order valence-electron chi connectivity index (χ0n) is 18.1. The maximum absolute atomic E-state index is 12.8. The summed E-state index contributed by atoms with van der Waals surface area (Å²) in [6, 6.07) is 7.50. The molecule has 8 nitrogen and oxygen atoms in total. The zero-order chi connectivity index (χ0) is 22.0. The number of anilines is 1. The fourth-order valence-electron chi connectivity index (χ4n) is 4.23. The van der Waals surface area contributed by atoms with Gasteiger partial charge in [-0.15, -0.1) is 0 Å². The lowest BCUT2D eigenvalue weighted by Crippen LogP contribution is -2.41. The number of piperidine rings is 1. The van der Waals surface area contributed by atoms with Crippen molar-refractivity contribution in [2.45, 2.75) is 56.6 Å². The molecule has 0 bridgehead atoms. The Morgan fingerprint density at radius 3 is 2.52 bits per heavy atom. The Kier molecular flexibility index (Phi) is 6.34. The minimum absolute atomic E-state index is 0.0643. The van der Waals surface area contributed by atoms with Crippen molar-refractivity contribution in [2.75, 3.05) is 18.4 Å². The van der Waals surface area contributed by atoms with Crippen LogP contribution in [0.2, 0.25) is 0 Å². The molecule has 1 aromatic heterocycles. The Labute approximate surface area is 183 Å². The summed E-state index contributed by atoms with van der Waals surface area (Å²) in [6.07, 6.45) is 7.33. The van der Waals surface area contributed by atoms with Gasteiger partial charge in [0.2, 0.25) is 5.91 Å². The predicted octanol–water partition coefficient (Wildman–Crippen LogP) is 3.09. The maximum Gasteiger partial charge on any atom is 0.262 e. The second kappa shape index (κ2) is 9.00. The minimum Gasteiger partial charge on any atom is -0.490 e. The van der Waals surface area contributed by atoms with Gasteiger partial charge in [-0.25, -0.2) is 13.4 Å².